The molecule has 0 atom stereocenters. The van der Waals surface area contributed by atoms with E-state index >= 15 is 0 Å². The maximum Gasteiger partial charge on any atom is 0.191 e. The topological polar surface area (TPSA) is 50.9 Å². The molecule has 0 amide bonds. The number of hydrogen-bond donors (Lipinski definition) is 1. The summed E-state index contributed by atoms with van der Waals surface area (Å²) < 4.78 is 5.13. The minimum absolute atomic E-state index is 0.632. The van der Waals surface area contributed by atoms with E-state index in [4.69, 9.17) is 10.5 Å². The summed E-state index contributed by atoms with van der Waals surface area (Å²) in [7, 11) is 1.71. The summed E-state index contributed by atoms with van der Waals surface area (Å²) in [5, 5.41) is 0. The molecule has 19 heavy (non-hydrogen) atoms. The molecular weight excluding hydrogens is 258 g/mol. The van der Waals surface area contributed by atoms with Crippen molar-refractivity contribution >= 4 is 17.7 Å². The van der Waals surface area contributed by atoms with Crippen molar-refractivity contribution in [3.8, 4) is 0 Å². The van der Waals surface area contributed by atoms with Crippen molar-refractivity contribution in [1.82, 2.24) is 4.90 Å². The van der Waals surface area contributed by atoms with E-state index < -0.39 is 0 Å². The number of thioether (sulfide) groups is 1. The molecule has 1 aliphatic rings. The van der Waals surface area contributed by atoms with Crippen molar-refractivity contribution < 1.29 is 4.74 Å². The van der Waals surface area contributed by atoms with Gasteiger partial charge in [-0.05, 0) is 11.1 Å². The molecule has 5 heteroatoms. The number of aliphatic imine (C=N–C) groups is 1. The number of ether oxygens (including phenoxy) is 1. The Morgan fingerprint density at radius 1 is 1.37 bits per heavy atom. The Bertz CT molecular complexity index is 430. The first-order valence-electron chi connectivity index (χ1n) is 6.49. The largest absolute Gasteiger partial charge is 0.380 e. The van der Waals surface area contributed by atoms with Crippen LogP contribution in [0.2, 0.25) is 0 Å². The molecule has 4 nitrogen and oxygen atoms in total. The molecule has 1 saturated heterocycles. The van der Waals surface area contributed by atoms with E-state index in [-0.39, 0.29) is 0 Å². The Balaban J connectivity index is 1.94. The van der Waals surface area contributed by atoms with Gasteiger partial charge in [0, 0.05) is 31.7 Å². The molecular formula is C14H21N3OS. The number of methoxy groups -OCH3 is 1. The molecule has 0 spiro atoms. The van der Waals surface area contributed by atoms with Gasteiger partial charge < -0.3 is 15.4 Å². The highest BCUT2D eigenvalue weighted by Crippen LogP contribution is 2.10. The summed E-state index contributed by atoms with van der Waals surface area (Å²) in [6.07, 6.45) is 0. The smallest absolute Gasteiger partial charge is 0.191 e. The minimum atomic E-state index is 0.632. The average molecular weight is 279 g/mol. The first kappa shape index (κ1) is 14.2. The van der Waals surface area contributed by atoms with Crippen LogP contribution in [0.15, 0.2) is 29.3 Å². The summed E-state index contributed by atoms with van der Waals surface area (Å²) in [5.41, 5.74) is 8.37. The zero-order valence-corrected chi connectivity index (χ0v) is 12.2. The van der Waals surface area contributed by atoms with Crippen molar-refractivity contribution in [2.75, 3.05) is 31.7 Å². The average Bonchev–Trinajstić information content (AvgIpc) is 2.46. The van der Waals surface area contributed by atoms with E-state index in [1.165, 1.54) is 11.1 Å². The molecule has 0 bridgehead atoms. The summed E-state index contributed by atoms with van der Waals surface area (Å²) >= 11 is 1.97. The van der Waals surface area contributed by atoms with Gasteiger partial charge in [0.05, 0.1) is 13.2 Å². The fourth-order valence-corrected chi connectivity index (χ4v) is 2.95. The Kier molecular flexibility index (Phi) is 5.54. The van der Waals surface area contributed by atoms with Gasteiger partial charge in [0.2, 0.25) is 0 Å². The summed E-state index contributed by atoms with van der Waals surface area (Å²) in [4.78, 5) is 6.65. The number of nitrogens with zero attached hydrogens (tertiary/aromatic N) is 2. The molecule has 1 fully saturated rings. The molecule has 1 aliphatic heterocycles. The molecule has 2 rings (SSSR count). The summed E-state index contributed by atoms with van der Waals surface area (Å²) in [5.74, 6) is 2.94. The van der Waals surface area contributed by atoms with E-state index in [9.17, 15) is 0 Å². The van der Waals surface area contributed by atoms with Crippen molar-refractivity contribution in [2.24, 2.45) is 10.7 Å². The van der Waals surface area contributed by atoms with E-state index in [0.717, 1.165) is 24.6 Å². The molecule has 1 aromatic rings. The molecule has 0 radical (unpaired) electrons. The predicted molar refractivity (Wildman–Crippen MR) is 81.4 cm³/mol. The quantitative estimate of drug-likeness (QED) is 0.673. The molecule has 1 aromatic carbocycles. The lowest BCUT2D eigenvalue weighted by atomic mass is 10.1. The van der Waals surface area contributed by atoms with Crippen LogP contribution in [0.3, 0.4) is 0 Å². The fourth-order valence-electron chi connectivity index (χ4n) is 2.05. The van der Waals surface area contributed by atoms with Crippen LogP contribution in [0.1, 0.15) is 11.1 Å². The standard InChI is InChI=1S/C14H21N3OS/c1-18-11-13-4-2-3-12(9-13)10-16-14(15)17-5-7-19-8-6-17/h2-4,9H,5-8,10-11H2,1H3,(H2,15,16). The summed E-state index contributed by atoms with van der Waals surface area (Å²) in [6.45, 7) is 3.27. The second-order valence-electron chi connectivity index (χ2n) is 4.53. The van der Waals surface area contributed by atoms with Crippen LogP contribution < -0.4 is 5.73 Å². The lowest BCUT2D eigenvalue weighted by molar-refractivity contribution is 0.185. The van der Waals surface area contributed by atoms with Gasteiger partial charge in [-0.2, -0.15) is 11.8 Å². The summed E-state index contributed by atoms with van der Waals surface area (Å²) in [6, 6.07) is 8.28. The first-order valence-corrected chi connectivity index (χ1v) is 7.64. The van der Waals surface area contributed by atoms with Crippen LogP contribution in [0, 0.1) is 0 Å². The van der Waals surface area contributed by atoms with Crippen molar-refractivity contribution in [1.29, 1.82) is 0 Å². The molecule has 0 aromatic heterocycles. The van der Waals surface area contributed by atoms with E-state index in [1.54, 1.807) is 7.11 Å². The number of nitrogens with two attached hydrogens (primary N) is 1. The second kappa shape index (κ2) is 7.40. The third-order valence-corrected chi connectivity index (χ3v) is 4.00. The fraction of sp³-hybridized carbons (Fsp3) is 0.500. The van der Waals surface area contributed by atoms with Gasteiger partial charge >= 0.3 is 0 Å². The van der Waals surface area contributed by atoms with Gasteiger partial charge in [0.1, 0.15) is 0 Å². The lowest BCUT2D eigenvalue weighted by Crippen LogP contribution is -2.42. The number of hydrogen-bond acceptors (Lipinski definition) is 3. The van der Waals surface area contributed by atoms with Gasteiger partial charge in [-0.15, -0.1) is 0 Å². The van der Waals surface area contributed by atoms with E-state index in [2.05, 4.69) is 28.1 Å². The van der Waals surface area contributed by atoms with Crippen LogP contribution in [-0.4, -0.2) is 42.6 Å². The normalized spacial score (nSPS) is 16.7. The third-order valence-electron chi connectivity index (χ3n) is 3.06. The maximum absolute atomic E-state index is 6.03. The van der Waals surface area contributed by atoms with E-state index in [0.29, 0.717) is 19.1 Å². The molecule has 0 saturated carbocycles. The zero-order chi connectivity index (χ0) is 13.5. The highest BCUT2D eigenvalue weighted by molar-refractivity contribution is 7.99. The highest BCUT2D eigenvalue weighted by atomic mass is 32.2. The SMILES string of the molecule is COCc1cccc(CN=C(N)N2CCSCC2)c1. The lowest BCUT2D eigenvalue weighted by Gasteiger charge is -2.27. The second-order valence-corrected chi connectivity index (χ2v) is 5.75. The maximum atomic E-state index is 6.03. The Morgan fingerprint density at radius 3 is 2.84 bits per heavy atom. The van der Waals surface area contributed by atoms with Crippen molar-refractivity contribution in [3.63, 3.8) is 0 Å². The van der Waals surface area contributed by atoms with Crippen LogP contribution in [0.5, 0.6) is 0 Å². The van der Waals surface area contributed by atoms with E-state index in [1.807, 2.05) is 17.8 Å². The monoisotopic (exact) mass is 279 g/mol. The van der Waals surface area contributed by atoms with Crippen LogP contribution >= 0.6 is 11.8 Å². The van der Waals surface area contributed by atoms with Crippen LogP contribution in [0.25, 0.3) is 0 Å². The molecule has 2 N–H and O–H groups in total. The molecule has 1 heterocycles. The minimum Gasteiger partial charge on any atom is -0.380 e. The number of rotatable bonds is 4. The molecule has 0 unspecified atom stereocenters. The Labute approximate surface area is 119 Å². The zero-order valence-electron chi connectivity index (χ0n) is 11.3. The molecule has 0 aliphatic carbocycles. The van der Waals surface area contributed by atoms with Crippen molar-refractivity contribution in [3.05, 3.63) is 35.4 Å². The Hall–Kier alpha value is -1.20. The van der Waals surface area contributed by atoms with Crippen LogP contribution in [0.4, 0.5) is 0 Å². The van der Waals surface area contributed by atoms with Crippen LogP contribution in [-0.2, 0) is 17.9 Å². The van der Waals surface area contributed by atoms with Gasteiger partial charge in [-0.3, -0.25) is 0 Å². The number of benzene rings is 1. The molecule has 104 valence electrons. The highest BCUT2D eigenvalue weighted by Gasteiger charge is 2.11. The number of guanidine groups is 1. The van der Waals surface area contributed by atoms with Gasteiger partial charge in [0.15, 0.2) is 5.96 Å². The van der Waals surface area contributed by atoms with Gasteiger partial charge in [0.25, 0.3) is 0 Å². The van der Waals surface area contributed by atoms with Gasteiger partial charge in [-0.25, -0.2) is 4.99 Å². The van der Waals surface area contributed by atoms with Crippen molar-refractivity contribution in [2.45, 2.75) is 13.2 Å². The Morgan fingerprint density at radius 2 is 2.11 bits per heavy atom. The predicted octanol–water partition coefficient (Wildman–Crippen LogP) is 1.70. The third kappa shape index (κ3) is 4.44. The van der Waals surface area contributed by atoms with Gasteiger partial charge in [-0.1, -0.05) is 24.3 Å². The first-order chi connectivity index (χ1) is 9.29.